The van der Waals surface area contributed by atoms with Crippen molar-refractivity contribution in [2.75, 3.05) is 11.9 Å². The number of rotatable bonds is 5. The van der Waals surface area contributed by atoms with Crippen LogP contribution in [0.15, 0.2) is 40.9 Å². The topological polar surface area (TPSA) is 38.3 Å². The Bertz CT molecular complexity index is 651. The van der Waals surface area contributed by atoms with Gasteiger partial charge in [0.1, 0.15) is 0 Å². The van der Waals surface area contributed by atoms with Crippen LogP contribution in [0, 0.1) is 0 Å². The number of halogens is 3. The molecule has 1 N–H and O–H groups in total. The first-order valence-electron chi connectivity index (χ1n) is 6.70. The lowest BCUT2D eigenvalue weighted by molar-refractivity contribution is 0.102. The number of benzene rings is 2. The van der Waals surface area contributed by atoms with Gasteiger partial charge in [0.2, 0.25) is 0 Å². The van der Waals surface area contributed by atoms with Crippen molar-refractivity contribution in [3.8, 4) is 5.75 Å². The van der Waals surface area contributed by atoms with Crippen LogP contribution in [0.25, 0.3) is 0 Å². The molecule has 3 nitrogen and oxygen atoms in total. The third kappa shape index (κ3) is 4.38. The molecule has 0 atom stereocenters. The number of amides is 1. The molecule has 0 aliphatic heterocycles. The van der Waals surface area contributed by atoms with Crippen molar-refractivity contribution in [3.63, 3.8) is 0 Å². The monoisotopic (exact) mass is 401 g/mol. The molecule has 0 aromatic heterocycles. The molecule has 0 saturated heterocycles. The van der Waals surface area contributed by atoms with Crippen LogP contribution in [0.1, 0.15) is 23.7 Å². The number of anilines is 1. The highest BCUT2D eigenvalue weighted by atomic mass is 79.9. The molecule has 0 fully saturated rings. The maximum absolute atomic E-state index is 12.2. The van der Waals surface area contributed by atoms with E-state index in [4.69, 9.17) is 27.9 Å². The molecule has 0 saturated carbocycles. The average molecular weight is 403 g/mol. The first-order valence-corrected chi connectivity index (χ1v) is 8.25. The van der Waals surface area contributed by atoms with Crippen LogP contribution < -0.4 is 10.1 Å². The first kappa shape index (κ1) is 17.1. The zero-order valence-corrected chi connectivity index (χ0v) is 14.9. The Labute approximate surface area is 147 Å². The van der Waals surface area contributed by atoms with Gasteiger partial charge >= 0.3 is 0 Å². The normalized spacial score (nSPS) is 10.4. The number of nitrogens with one attached hydrogen (secondary N) is 1. The minimum absolute atomic E-state index is 0.284. The van der Waals surface area contributed by atoms with Crippen LogP contribution in [0.3, 0.4) is 0 Å². The highest BCUT2D eigenvalue weighted by Gasteiger charge is 2.14. The van der Waals surface area contributed by atoms with Crippen molar-refractivity contribution in [2.24, 2.45) is 0 Å². The van der Waals surface area contributed by atoms with Gasteiger partial charge in [0.15, 0.2) is 5.75 Å². The molecule has 2 rings (SSSR count). The fraction of sp³-hybridized carbons (Fsp3) is 0.188. The minimum Gasteiger partial charge on any atom is -0.490 e. The Morgan fingerprint density at radius 2 is 1.77 bits per heavy atom. The van der Waals surface area contributed by atoms with Gasteiger partial charge in [0.05, 0.1) is 16.7 Å². The average Bonchev–Trinajstić information content (AvgIpc) is 2.48. The number of hydrogen-bond acceptors (Lipinski definition) is 2. The van der Waals surface area contributed by atoms with Gasteiger partial charge in [0.25, 0.3) is 5.91 Å². The first-order chi connectivity index (χ1) is 10.5. The van der Waals surface area contributed by atoms with Gasteiger partial charge in [-0.3, -0.25) is 4.79 Å². The molecule has 2 aromatic rings. The van der Waals surface area contributed by atoms with Crippen LogP contribution >= 0.6 is 39.1 Å². The van der Waals surface area contributed by atoms with E-state index in [1.165, 1.54) is 0 Å². The van der Waals surface area contributed by atoms with Gasteiger partial charge < -0.3 is 10.1 Å². The summed E-state index contributed by atoms with van der Waals surface area (Å²) in [4.78, 5) is 12.2. The third-order valence-corrected chi connectivity index (χ3v) is 3.90. The second kappa shape index (κ2) is 7.86. The molecular weight excluding hydrogens is 389 g/mol. The second-order valence-electron chi connectivity index (χ2n) is 4.58. The van der Waals surface area contributed by atoms with E-state index in [1.807, 2.05) is 19.1 Å². The van der Waals surface area contributed by atoms with Gasteiger partial charge in [-0.1, -0.05) is 46.1 Å². The van der Waals surface area contributed by atoms with E-state index in [9.17, 15) is 4.79 Å². The SMILES string of the molecule is CCCOc1c(Cl)cc(C(=O)Nc2ccc(Br)cc2)cc1Cl. The van der Waals surface area contributed by atoms with Gasteiger partial charge in [-0.2, -0.15) is 0 Å². The van der Waals surface area contributed by atoms with E-state index in [-0.39, 0.29) is 5.91 Å². The molecule has 0 spiro atoms. The fourth-order valence-electron chi connectivity index (χ4n) is 1.77. The summed E-state index contributed by atoms with van der Waals surface area (Å²) in [5, 5.41) is 3.43. The van der Waals surface area contributed by atoms with Crippen molar-refractivity contribution in [3.05, 3.63) is 56.5 Å². The van der Waals surface area contributed by atoms with Crippen molar-refractivity contribution in [1.82, 2.24) is 0 Å². The van der Waals surface area contributed by atoms with Crippen LogP contribution in [0.4, 0.5) is 5.69 Å². The lowest BCUT2D eigenvalue weighted by atomic mass is 10.2. The highest BCUT2D eigenvalue weighted by molar-refractivity contribution is 9.10. The summed E-state index contributed by atoms with van der Waals surface area (Å²) < 4.78 is 6.42. The van der Waals surface area contributed by atoms with Crippen molar-refractivity contribution >= 4 is 50.7 Å². The summed E-state index contributed by atoms with van der Waals surface area (Å²) in [5.74, 6) is 0.124. The maximum atomic E-state index is 12.2. The van der Waals surface area contributed by atoms with E-state index < -0.39 is 0 Å². The Morgan fingerprint density at radius 1 is 1.18 bits per heavy atom. The van der Waals surface area contributed by atoms with E-state index in [2.05, 4.69) is 21.2 Å². The molecule has 0 aliphatic rings. The van der Waals surface area contributed by atoms with E-state index >= 15 is 0 Å². The Morgan fingerprint density at radius 3 is 2.32 bits per heavy atom. The number of ether oxygens (including phenoxy) is 1. The standard InChI is InChI=1S/C16H14BrCl2NO2/c1-2-7-22-15-13(18)8-10(9-14(15)19)16(21)20-12-5-3-11(17)4-6-12/h3-6,8-9H,2,7H2,1H3,(H,20,21). The molecule has 2 aromatic carbocycles. The number of hydrogen-bond donors (Lipinski definition) is 1. The molecule has 0 radical (unpaired) electrons. The van der Waals surface area contributed by atoms with Crippen LogP contribution in [-0.4, -0.2) is 12.5 Å². The summed E-state index contributed by atoms with van der Waals surface area (Å²) in [6.45, 7) is 2.51. The highest BCUT2D eigenvalue weighted by Crippen LogP contribution is 2.34. The lowest BCUT2D eigenvalue weighted by Gasteiger charge is -2.11. The van der Waals surface area contributed by atoms with E-state index in [0.29, 0.717) is 33.7 Å². The van der Waals surface area contributed by atoms with Crippen molar-refractivity contribution < 1.29 is 9.53 Å². The molecule has 1 amide bonds. The van der Waals surface area contributed by atoms with Crippen LogP contribution in [-0.2, 0) is 0 Å². The molecule has 116 valence electrons. The Balaban J connectivity index is 2.18. The van der Waals surface area contributed by atoms with Gasteiger partial charge in [0, 0.05) is 15.7 Å². The minimum atomic E-state index is -0.284. The largest absolute Gasteiger partial charge is 0.490 e. The lowest BCUT2D eigenvalue weighted by Crippen LogP contribution is -2.12. The predicted molar refractivity (Wildman–Crippen MR) is 94.3 cm³/mol. The van der Waals surface area contributed by atoms with Crippen LogP contribution in [0.5, 0.6) is 5.75 Å². The van der Waals surface area contributed by atoms with Gasteiger partial charge in [-0.05, 0) is 42.8 Å². The predicted octanol–water partition coefficient (Wildman–Crippen LogP) is 5.80. The van der Waals surface area contributed by atoms with Crippen molar-refractivity contribution in [2.45, 2.75) is 13.3 Å². The molecule has 0 bridgehead atoms. The molecule has 6 heteroatoms. The summed E-state index contributed by atoms with van der Waals surface area (Å²) in [6, 6.07) is 10.4. The Hall–Kier alpha value is -1.23. The molecule has 0 aliphatic carbocycles. The zero-order valence-electron chi connectivity index (χ0n) is 11.8. The second-order valence-corrected chi connectivity index (χ2v) is 6.31. The fourth-order valence-corrected chi connectivity index (χ4v) is 2.63. The zero-order chi connectivity index (χ0) is 16.1. The quantitative estimate of drug-likeness (QED) is 0.686. The molecule has 0 unspecified atom stereocenters. The summed E-state index contributed by atoms with van der Waals surface area (Å²) in [7, 11) is 0. The maximum Gasteiger partial charge on any atom is 0.255 e. The smallest absolute Gasteiger partial charge is 0.255 e. The van der Waals surface area contributed by atoms with Crippen LogP contribution in [0.2, 0.25) is 10.0 Å². The van der Waals surface area contributed by atoms with Crippen molar-refractivity contribution in [1.29, 1.82) is 0 Å². The van der Waals surface area contributed by atoms with Gasteiger partial charge in [-0.25, -0.2) is 0 Å². The summed E-state index contributed by atoms with van der Waals surface area (Å²) >= 11 is 15.6. The van der Waals surface area contributed by atoms with E-state index in [0.717, 1.165) is 10.9 Å². The summed E-state index contributed by atoms with van der Waals surface area (Å²) in [5.41, 5.74) is 1.06. The van der Waals surface area contributed by atoms with E-state index in [1.54, 1.807) is 24.3 Å². The third-order valence-electron chi connectivity index (χ3n) is 2.81. The molecular formula is C16H14BrCl2NO2. The Kier molecular flexibility index (Phi) is 6.12. The van der Waals surface area contributed by atoms with Gasteiger partial charge in [-0.15, -0.1) is 0 Å². The molecule has 22 heavy (non-hydrogen) atoms. The molecule has 0 heterocycles. The number of carbonyl (C=O) groups is 1. The summed E-state index contributed by atoms with van der Waals surface area (Å²) in [6.07, 6.45) is 0.846. The number of carbonyl (C=O) groups excluding carboxylic acids is 1.